The number of piperidine rings is 1. The summed E-state index contributed by atoms with van der Waals surface area (Å²) in [6.45, 7) is 1.46. The third-order valence-electron chi connectivity index (χ3n) is 3.31. The number of hydrogen-bond acceptors (Lipinski definition) is 4. The highest BCUT2D eigenvalue weighted by atomic mass is 16.3. The molecular weight excluding hydrogens is 232 g/mol. The van der Waals surface area contributed by atoms with E-state index in [1.165, 1.54) is 12.6 Å². The Kier molecular flexibility index (Phi) is 2.84. The summed E-state index contributed by atoms with van der Waals surface area (Å²) >= 11 is 0. The molecule has 1 N–H and O–H groups in total. The van der Waals surface area contributed by atoms with Crippen LogP contribution in [0.2, 0.25) is 0 Å². The van der Waals surface area contributed by atoms with Crippen LogP contribution < -0.4 is 0 Å². The Labute approximate surface area is 104 Å². The van der Waals surface area contributed by atoms with Crippen molar-refractivity contribution in [3.8, 4) is 0 Å². The van der Waals surface area contributed by atoms with Crippen molar-refractivity contribution in [3.05, 3.63) is 36.3 Å². The average molecular weight is 246 g/mol. The van der Waals surface area contributed by atoms with Crippen LogP contribution in [-0.4, -0.2) is 39.1 Å². The van der Waals surface area contributed by atoms with Crippen molar-refractivity contribution in [3.63, 3.8) is 0 Å². The van der Waals surface area contributed by atoms with Gasteiger partial charge >= 0.3 is 0 Å². The number of amides is 1. The first-order valence-corrected chi connectivity index (χ1v) is 6.01. The molecule has 94 valence electrons. The second kappa shape index (κ2) is 4.64. The summed E-state index contributed by atoms with van der Waals surface area (Å²) in [6.07, 6.45) is 6.55. The molecule has 18 heavy (non-hydrogen) atoms. The fraction of sp³-hybridized carbons (Fsp3) is 0.417. The summed E-state index contributed by atoms with van der Waals surface area (Å²) in [5.41, 5.74) is 1.09. The highest BCUT2D eigenvalue weighted by Crippen LogP contribution is 2.26. The van der Waals surface area contributed by atoms with Crippen molar-refractivity contribution in [1.82, 2.24) is 20.1 Å². The van der Waals surface area contributed by atoms with Crippen LogP contribution in [0.15, 0.2) is 29.3 Å². The lowest BCUT2D eigenvalue weighted by molar-refractivity contribution is 0.0673. The predicted molar refractivity (Wildman–Crippen MR) is 63.0 cm³/mol. The van der Waals surface area contributed by atoms with Gasteiger partial charge in [0.1, 0.15) is 0 Å². The van der Waals surface area contributed by atoms with Crippen molar-refractivity contribution >= 4 is 5.91 Å². The maximum absolute atomic E-state index is 12.1. The van der Waals surface area contributed by atoms with Gasteiger partial charge in [-0.1, -0.05) is 0 Å². The Balaban J connectivity index is 1.73. The van der Waals surface area contributed by atoms with Gasteiger partial charge in [-0.3, -0.25) is 9.89 Å². The van der Waals surface area contributed by atoms with Gasteiger partial charge in [-0.2, -0.15) is 5.10 Å². The van der Waals surface area contributed by atoms with Crippen LogP contribution >= 0.6 is 0 Å². The fourth-order valence-electron chi connectivity index (χ4n) is 2.39. The molecule has 0 bridgehead atoms. The number of rotatable bonds is 2. The lowest BCUT2D eigenvalue weighted by Gasteiger charge is -2.31. The summed E-state index contributed by atoms with van der Waals surface area (Å²) in [7, 11) is 0. The second-order valence-corrected chi connectivity index (χ2v) is 4.47. The molecule has 0 saturated carbocycles. The van der Waals surface area contributed by atoms with Gasteiger partial charge in [-0.25, -0.2) is 4.98 Å². The van der Waals surface area contributed by atoms with E-state index in [4.69, 9.17) is 4.42 Å². The molecule has 3 rings (SSSR count). The summed E-state index contributed by atoms with van der Waals surface area (Å²) in [5, 5.41) is 6.94. The van der Waals surface area contributed by atoms with Crippen molar-refractivity contribution in [2.45, 2.75) is 18.8 Å². The van der Waals surface area contributed by atoms with E-state index in [1.807, 2.05) is 11.0 Å². The van der Waals surface area contributed by atoms with Gasteiger partial charge in [0.2, 0.25) is 5.76 Å². The summed E-state index contributed by atoms with van der Waals surface area (Å²) in [6, 6.07) is 1.97. The molecule has 2 aromatic heterocycles. The topological polar surface area (TPSA) is 75.0 Å². The third kappa shape index (κ3) is 2.01. The number of carbonyl (C=O) groups is 1. The maximum Gasteiger partial charge on any atom is 0.291 e. The zero-order valence-electron chi connectivity index (χ0n) is 9.87. The van der Waals surface area contributed by atoms with E-state index in [-0.39, 0.29) is 5.91 Å². The van der Waals surface area contributed by atoms with Crippen LogP contribution in [0, 0.1) is 0 Å². The molecule has 1 fully saturated rings. The largest absolute Gasteiger partial charge is 0.438 e. The van der Waals surface area contributed by atoms with Crippen molar-refractivity contribution in [2.75, 3.05) is 13.1 Å². The van der Waals surface area contributed by atoms with Gasteiger partial charge in [-0.15, -0.1) is 0 Å². The molecule has 1 saturated heterocycles. The highest BCUT2D eigenvalue weighted by molar-refractivity contribution is 5.91. The summed E-state index contributed by atoms with van der Waals surface area (Å²) < 4.78 is 5.05. The molecule has 6 heteroatoms. The van der Waals surface area contributed by atoms with E-state index in [0.29, 0.717) is 18.2 Å². The van der Waals surface area contributed by atoms with Gasteiger partial charge in [0.15, 0.2) is 6.39 Å². The van der Waals surface area contributed by atoms with Gasteiger partial charge in [-0.05, 0) is 18.9 Å². The Morgan fingerprint density at radius 3 is 3.22 bits per heavy atom. The first-order valence-electron chi connectivity index (χ1n) is 6.01. The van der Waals surface area contributed by atoms with E-state index in [0.717, 1.165) is 25.1 Å². The maximum atomic E-state index is 12.1. The molecule has 0 spiro atoms. The van der Waals surface area contributed by atoms with Gasteiger partial charge < -0.3 is 9.32 Å². The monoisotopic (exact) mass is 246 g/mol. The minimum Gasteiger partial charge on any atom is -0.438 e. The number of oxazole rings is 1. The molecule has 0 radical (unpaired) electrons. The number of likely N-dealkylation sites (tertiary alicyclic amines) is 1. The van der Waals surface area contributed by atoms with Gasteiger partial charge in [0, 0.05) is 30.9 Å². The first-order chi connectivity index (χ1) is 8.84. The number of nitrogens with one attached hydrogen (secondary N) is 1. The van der Waals surface area contributed by atoms with Crippen molar-refractivity contribution in [1.29, 1.82) is 0 Å². The third-order valence-corrected chi connectivity index (χ3v) is 3.31. The van der Waals surface area contributed by atoms with Crippen LogP contribution in [0.3, 0.4) is 0 Å². The Morgan fingerprint density at radius 2 is 2.50 bits per heavy atom. The predicted octanol–water partition coefficient (Wildman–Crippen LogP) is 1.42. The Hall–Kier alpha value is -2.11. The molecule has 6 nitrogen and oxygen atoms in total. The second-order valence-electron chi connectivity index (χ2n) is 4.47. The molecule has 0 aliphatic carbocycles. The molecule has 0 aromatic carbocycles. The summed E-state index contributed by atoms with van der Waals surface area (Å²) in [4.78, 5) is 17.7. The molecular formula is C12H14N4O2. The molecule has 1 amide bonds. The molecule has 3 heterocycles. The number of carbonyl (C=O) groups excluding carboxylic acids is 1. The van der Waals surface area contributed by atoms with Crippen LogP contribution in [0.25, 0.3) is 0 Å². The summed E-state index contributed by atoms with van der Waals surface area (Å²) in [5.74, 6) is 0.546. The van der Waals surface area contributed by atoms with Gasteiger partial charge in [0.05, 0.1) is 6.20 Å². The van der Waals surface area contributed by atoms with Crippen LogP contribution in [0.1, 0.15) is 35.0 Å². The fourth-order valence-corrected chi connectivity index (χ4v) is 2.39. The standard InChI is InChI=1S/C12H14N4O2/c17-12(11-6-13-8-18-11)16-5-1-2-9(7-16)10-3-4-14-15-10/h3-4,6,8-9H,1-2,5,7H2,(H,14,15). The number of H-pyrrole nitrogens is 1. The van der Waals surface area contributed by atoms with Gasteiger partial charge in [0.25, 0.3) is 5.91 Å². The minimum absolute atomic E-state index is 0.0864. The smallest absolute Gasteiger partial charge is 0.291 e. The number of aromatic amines is 1. The Morgan fingerprint density at radius 1 is 1.56 bits per heavy atom. The molecule has 1 unspecified atom stereocenters. The first kappa shape index (κ1) is 11.0. The van der Waals surface area contributed by atoms with E-state index in [9.17, 15) is 4.79 Å². The van der Waals surface area contributed by atoms with Crippen LogP contribution in [-0.2, 0) is 0 Å². The zero-order valence-corrected chi connectivity index (χ0v) is 9.87. The molecule has 2 aromatic rings. The van der Waals surface area contributed by atoms with E-state index < -0.39 is 0 Å². The van der Waals surface area contributed by atoms with Crippen molar-refractivity contribution < 1.29 is 9.21 Å². The molecule has 1 aliphatic heterocycles. The minimum atomic E-state index is -0.0864. The molecule has 1 aliphatic rings. The SMILES string of the molecule is O=C(c1cnco1)N1CCCC(c2ccn[nH]2)C1. The van der Waals surface area contributed by atoms with Crippen LogP contribution in [0.5, 0.6) is 0 Å². The lowest BCUT2D eigenvalue weighted by Crippen LogP contribution is -2.39. The van der Waals surface area contributed by atoms with E-state index >= 15 is 0 Å². The molecule has 1 atom stereocenters. The highest BCUT2D eigenvalue weighted by Gasteiger charge is 2.27. The zero-order chi connectivity index (χ0) is 12.4. The average Bonchev–Trinajstić information content (AvgIpc) is 3.11. The number of hydrogen-bond donors (Lipinski definition) is 1. The van der Waals surface area contributed by atoms with Crippen LogP contribution in [0.4, 0.5) is 0 Å². The normalized spacial score (nSPS) is 20.0. The van der Waals surface area contributed by atoms with E-state index in [1.54, 1.807) is 6.20 Å². The number of nitrogens with zero attached hydrogens (tertiary/aromatic N) is 3. The lowest BCUT2D eigenvalue weighted by atomic mass is 9.95. The van der Waals surface area contributed by atoms with E-state index in [2.05, 4.69) is 15.2 Å². The number of aromatic nitrogens is 3. The Bertz CT molecular complexity index is 506. The van der Waals surface area contributed by atoms with Crippen molar-refractivity contribution in [2.24, 2.45) is 0 Å². The quantitative estimate of drug-likeness (QED) is 0.869.